The van der Waals surface area contributed by atoms with Gasteiger partial charge in [-0.2, -0.15) is 8.78 Å². The Balaban J connectivity index is 1.85. The van der Waals surface area contributed by atoms with Crippen LogP contribution in [0.15, 0.2) is 30.4 Å². The first-order valence-electron chi connectivity index (χ1n) is 8.77. The molecule has 1 aromatic rings. The van der Waals surface area contributed by atoms with Crippen molar-refractivity contribution in [3.05, 3.63) is 41.7 Å². The fraction of sp³-hybridized carbons (Fsp3) is 0.579. The predicted molar refractivity (Wildman–Crippen MR) is 87.7 cm³/mol. The third-order valence-electron chi connectivity index (χ3n) is 4.55. The maximum Gasteiger partial charge on any atom is 0.573 e. The van der Waals surface area contributed by atoms with Crippen molar-refractivity contribution < 1.29 is 35.8 Å². The van der Waals surface area contributed by atoms with Gasteiger partial charge in [-0.05, 0) is 62.1 Å². The molecule has 152 valence electrons. The van der Waals surface area contributed by atoms with Crippen LogP contribution < -0.4 is 4.74 Å². The van der Waals surface area contributed by atoms with Gasteiger partial charge in [0.05, 0.1) is 6.61 Å². The average Bonchev–Trinajstić information content (AvgIpc) is 2.56. The Kier molecular flexibility index (Phi) is 7.19. The van der Waals surface area contributed by atoms with Crippen molar-refractivity contribution in [2.75, 3.05) is 0 Å². The second-order valence-electron chi connectivity index (χ2n) is 6.75. The number of halogens is 6. The van der Waals surface area contributed by atoms with E-state index < -0.39 is 37.1 Å². The van der Waals surface area contributed by atoms with E-state index in [2.05, 4.69) is 15.5 Å². The van der Waals surface area contributed by atoms with Crippen molar-refractivity contribution >= 4 is 0 Å². The van der Waals surface area contributed by atoms with Crippen LogP contribution in [0.1, 0.15) is 44.6 Å². The first-order valence-corrected chi connectivity index (χ1v) is 8.77. The summed E-state index contributed by atoms with van der Waals surface area (Å²) in [4.78, 5) is 0. The number of rotatable bonds is 7. The zero-order valence-electron chi connectivity index (χ0n) is 14.9. The van der Waals surface area contributed by atoms with Crippen LogP contribution in [0.2, 0.25) is 0 Å². The summed E-state index contributed by atoms with van der Waals surface area (Å²) in [7, 11) is 0. The Labute approximate surface area is 154 Å². The molecule has 0 unspecified atom stereocenters. The minimum atomic E-state index is -5.03. The number of ether oxygens (including phenoxy) is 2. The quantitative estimate of drug-likeness (QED) is 0.382. The van der Waals surface area contributed by atoms with Gasteiger partial charge in [0.2, 0.25) is 0 Å². The molecule has 0 aliphatic heterocycles. The maximum atomic E-state index is 14.0. The van der Waals surface area contributed by atoms with Crippen molar-refractivity contribution in [2.45, 2.75) is 58.1 Å². The van der Waals surface area contributed by atoms with Crippen molar-refractivity contribution in [2.24, 2.45) is 11.8 Å². The van der Waals surface area contributed by atoms with Crippen LogP contribution in [0.4, 0.5) is 26.3 Å². The van der Waals surface area contributed by atoms with Gasteiger partial charge >= 0.3 is 12.5 Å². The van der Waals surface area contributed by atoms with Crippen LogP contribution in [0.3, 0.4) is 0 Å². The number of benzene rings is 1. The van der Waals surface area contributed by atoms with Crippen LogP contribution in [-0.2, 0) is 11.3 Å². The van der Waals surface area contributed by atoms with Gasteiger partial charge in [-0.25, -0.2) is 4.39 Å². The largest absolute Gasteiger partial charge is 0.573 e. The summed E-state index contributed by atoms with van der Waals surface area (Å²) < 4.78 is 86.1. The second-order valence-corrected chi connectivity index (χ2v) is 6.75. The Bertz CT molecular complexity index is 634. The van der Waals surface area contributed by atoms with E-state index in [9.17, 15) is 26.3 Å². The third kappa shape index (κ3) is 7.44. The molecule has 0 spiro atoms. The van der Waals surface area contributed by atoms with Crippen LogP contribution >= 0.6 is 0 Å². The van der Waals surface area contributed by atoms with E-state index in [0.717, 1.165) is 25.0 Å². The summed E-state index contributed by atoms with van der Waals surface area (Å²) in [5.41, 5.74) is -0.00140. The van der Waals surface area contributed by atoms with E-state index in [1.54, 1.807) is 0 Å². The fourth-order valence-electron chi connectivity index (χ4n) is 3.28. The SMILES string of the molecule is CC=CC1CCC(CC(F)(F)OCc2ccc(OC(F)(F)F)c(F)c2)CC1. The number of hydrogen-bond acceptors (Lipinski definition) is 2. The topological polar surface area (TPSA) is 18.5 Å². The van der Waals surface area contributed by atoms with Gasteiger partial charge in [-0.1, -0.05) is 18.2 Å². The summed E-state index contributed by atoms with van der Waals surface area (Å²) >= 11 is 0. The van der Waals surface area contributed by atoms with Gasteiger partial charge in [0.25, 0.3) is 0 Å². The molecule has 27 heavy (non-hydrogen) atoms. The molecule has 0 aromatic heterocycles. The van der Waals surface area contributed by atoms with Crippen molar-refractivity contribution in [1.29, 1.82) is 0 Å². The molecule has 0 saturated heterocycles. The summed E-state index contributed by atoms with van der Waals surface area (Å²) in [5.74, 6) is -2.03. The number of alkyl halides is 5. The van der Waals surface area contributed by atoms with E-state index in [0.29, 0.717) is 24.8 Å². The Morgan fingerprint density at radius 2 is 1.74 bits per heavy atom. The molecule has 0 N–H and O–H groups in total. The molecule has 1 aliphatic rings. The predicted octanol–water partition coefficient (Wildman–Crippen LogP) is 6.61. The summed E-state index contributed by atoms with van der Waals surface area (Å²) in [6.45, 7) is 1.32. The van der Waals surface area contributed by atoms with Gasteiger partial charge < -0.3 is 9.47 Å². The van der Waals surface area contributed by atoms with Gasteiger partial charge in [0.1, 0.15) is 0 Å². The molecule has 0 radical (unpaired) electrons. The molecule has 8 heteroatoms. The Morgan fingerprint density at radius 3 is 2.30 bits per heavy atom. The van der Waals surface area contributed by atoms with Crippen LogP contribution in [0, 0.1) is 17.7 Å². The minimum Gasteiger partial charge on any atom is -0.403 e. The second kappa shape index (κ2) is 8.99. The first kappa shape index (κ1) is 21.6. The Morgan fingerprint density at radius 1 is 1.07 bits per heavy atom. The monoisotopic (exact) mass is 396 g/mol. The van der Waals surface area contributed by atoms with Crippen LogP contribution in [0.25, 0.3) is 0 Å². The number of allylic oxidation sites excluding steroid dienone is 2. The molecule has 1 aliphatic carbocycles. The zero-order chi connectivity index (χ0) is 20.1. The molecule has 1 fully saturated rings. The van der Waals surface area contributed by atoms with Crippen LogP contribution in [0.5, 0.6) is 5.75 Å². The van der Waals surface area contributed by atoms with Gasteiger partial charge in [-0.15, -0.1) is 13.2 Å². The highest BCUT2D eigenvalue weighted by Gasteiger charge is 2.35. The zero-order valence-corrected chi connectivity index (χ0v) is 14.9. The van der Waals surface area contributed by atoms with Crippen molar-refractivity contribution in [3.8, 4) is 5.75 Å². The Hall–Kier alpha value is -1.70. The van der Waals surface area contributed by atoms with E-state index in [1.165, 1.54) is 0 Å². The summed E-state index contributed by atoms with van der Waals surface area (Å²) in [5, 5.41) is 0. The lowest BCUT2D eigenvalue weighted by atomic mass is 9.80. The highest BCUT2D eigenvalue weighted by molar-refractivity contribution is 5.29. The molecular formula is C19H22F6O2. The highest BCUT2D eigenvalue weighted by Crippen LogP contribution is 2.37. The number of hydrogen-bond donors (Lipinski definition) is 0. The van der Waals surface area contributed by atoms with E-state index in [-0.39, 0.29) is 11.5 Å². The summed E-state index contributed by atoms with van der Waals surface area (Å²) in [6.07, 6.45) is -1.69. The molecule has 0 atom stereocenters. The van der Waals surface area contributed by atoms with Gasteiger partial charge in [0, 0.05) is 6.42 Å². The third-order valence-corrected chi connectivity index (χ3v) is 4.55. The van der Waals surface area contributed by atoms with Gasteiger partial charge in [-0.3, -0.25) is 0 Å². The molecule has 1 aromatic carbocycles. The molecule has 0 bridgehead atoms. The first-order chi connectivity index (χ1) is 12.6. The van der Waals surface area contributed by atoms with E-state index >= 15 is 0 Å². The van der Waals surface area contributed by atoms with Crippen LogP contribution in [-0.4, -0.2) is 12.5 Å². The molecule has 2 nitrogen and oxygen atoms in total. The standard InChI is InChI=1S/C19H22F6O2/c1-2-3-13-4-6-14(7-5-13)11-18(21,22)26-12-15-8-9-17(16(20)10-15)27-19(23,24)25/h2-3,8-10,13-14H,4-7,11-12H2,1H3. The minimum absolute atomic E-state index is 0.00140. The lowest BCUT2D eigenvalue weighted by Crippen LogP contribution is -2.27. The van der Waals surface area contributed by atoms with E-state index in [4.69, 9.17) is 0 Å². The molecule has 2 rings (SSSR count). The smallest absolute Gasteiger partial charge is 0.403 e. The molecular weight excluding hydrogens is 374 g/mol. The maximum absolute atomic E-state index is 14.0. The fourth-order valence-corrected chi connectivity index (χ4v) is 3.28. The van der Waals surface area contributed by atoms with Crippen molar-refractivity contribution in [1.82, 2.24) is 0 Å². The lowest BCUT2D eigenvalue weighted by molar-refractivity contribution is -0.275. The molecule has 0 heterocycles. The van der Waals surface area contributed by atoms with Gasteiger partial charge in [0.15, 0.2) is 11.6 Å². The van der Waals surface area contributed by atoms with Crippen molar-refractivity contribution in [3.63, 3.8) is 0 Å². The molecule has 0 amide bonds. The van der Waals surface area contributed by atoms with E-state index in [1.807, 2.05) is 13.0 Å². The summed E-state index contributed by atoms with van der Waals surface area (Å²) in [6, 6.07) is 2.49. The lowest BCUT2D eigenvalue weighted by Gasteiger charge is -2.29. The average molecular weight is 396 g/mol. The molecule has 1 saturated carbocycles. The highest BCUT2D eigenvalue weighted by atomic mass is 19.4. The normalized spacial score (nSPS) is 21.6.